The maximum absolute atomic E-state index is 11.7. The lowest BCUT2D eigenvalue weighted by atomic mass is 10.2. The summed E-state index contributed by atoms with van der Waals surface area (Å²) >= 11 is 0. The van der Waals surface area contributed by atoms with Gasteiger partial charge in [0.05, 0.1) is 10.6 Å². The van der Waals surface area contributed by atoms with Crippen LogP contribution in [0.3, 0.4) is 0 Å². The van der Waals surface area contributed by atoms with Crippen molar-refractivity contribution in [1.29, 1.82) is 0 Å². The summed E-state index contributed by atoms with van der Waals surface area (Å²) in [5, 5.41) is 3.35. The van der Waals surface area contributed by atoms with Gasteiger partial charge in [-0.05, 0) is 19.1 Å². The lowest BCUT2D eigenvalue weighted by Gasteiger charge is -2.34. The van der Waals surface area contributed by atoms with Gasteiger partial charge in [0.15, 0.2) is 9.84 Å². The van der Waals surface area contributed by atoms with Crippen LogP contribution in [0.1, 0.15) is 6.92 Å². The number of rotatable bonds is 2. The van der Waals surface area contributed by atoms with E-state index in [4.69, 9.17) is 0 Å². The van der Waals surface area contributed by atoms with Crippen LogP contribution in [-0.2, 0) is 9.84 Å². The standard InChI is InChI=1S/C12H18N2O2S/c1-10-9-14(8-7-13-10)11-5-3-4-6-12(11)17(2,15)16/h3-6,10,13H,7-9H2,1-2H3. The van der Waals surface area contributed by atoms with E-state index in [1.54, 1.807) is 12.1 Å². The van der Waals surface area contributed by atoms with Gasteiger partial charge in [0.25, 0.3) is 0 Å². The molecule has 1 aromatic carbocycles. The highest BCUT2D eigenvalue weighted by Crippen LogP contribution is 2.25. The number of sulfone groups is 1. The summed E-state index contributed by atoms with van der Waals surface area (Å²) in [4.78, 5) is 2.56. The monoisotopic (exact) mass is 254 g/mol. The Morgan fingerprint density at radius 1 is 1.35 bits per heavy atom. The first-order valence-electron chi connectivity index (χ1n) is 5.76. The second-order valence-electron chi connectivity index (χ2n) is 4.54. The lowest BCUT2D eigenvalue weighted by Crippen LogP contribution is -2.49. The number of para-hydroxylation sites is 1. The van der Waals surface area contributed by atoms with Crippen LogP contribution in [-0.4, -0.2) is 40.3 Å². The van der Waals surface area contributed by atoms with Crippen molar-refractivity contribution in [3.8, 4) is 0 Å². The molecule has 17 heavy (non-hydrogen) atoms. The van der Waals surface area contributed by atoms with Gasteiger partial charge >= 0.3 is 0 Å². The minimum absolute atomic E-state index is 0.386. The largest absolute Gasteiger partial charge is 0.368 e. The normalized spacial score (nSPS) is 21.5. The van der Waals surface area contributed by atoms with Gasteiger partial charge in [0, 0.05) is 31.9 Å². The summed E-state index contributed by atoms with van der Waals surface area (Å²) < 4.78 is 23.5. The number of hydrogen-bond acceptors (Lipinski definition) is 4. The van der Waals surface area contributed by atoms with Crippen molar-refractivity contribution in [1.82, 2.24) is 5.32 Å². The third kappa shape index (κ3) is 2.79. The molecule has 0 bridgehead atoms. The number of nitrogens with zero attached hydrogens (tertiary/aromatic N) is 1. The third-order valence-corrected chi connectivity index (χ3v) is 4.12. The molecule has 5 heteroatoms. The first-order chi connectivity index (χ1) is 7.98. The van der Waals surface area contributed by atoms with Crippen molar-refractivity contribution >= 4 is 15.5 Å². The molecule has 0 spiro atoms. The van der Waals surface area contributed by atoms with Crippen molar-refractivity contribution < 1.29 is 8.42 Å². The van der Waals surface area contributed by atoms with Gasteiger partial charge < -0.3 is 10.2 Å². The van der Waals surface area contributed by atoms with Gasteiger partial charge in [0.1, 0.15) is 0 Å². The summed E-state index contributed by atoms with van der Waals surface area (Å²) in [6.07, 6.45) is 1.26. The van der Waals surface area contributed by atoms with Gasteiger partial charge in [0.2, 0.25) is 0 Å². The number of nitrogens with one attached hydrogen (secondary N) is 1. The van der Waals surface area contributed by atoms with E-state index < -0.39 is 9.84 Å². The smallest absolute Gasteiger partial charge is 0.177 e. The molecule has 94 valence electrons. The fraction of sp³-hybridized carbons (Fsp3) is 0.500. The van der Waals surface area contributed by atoms with Crippen LogP contribution in [0.2, 0.25) is 0 Å². The first kappa shape index (κ1) is 12.4. The van der Waals surface area contributed by atoms with E-state index in [0.29, 0.717) is 10.9 Å². The van der Waals surface area contributed by atoms with Crippen LogP contribution in [0.4, 0.5) is 5.69 Å². The second-order valence-corrected chi connectivity index (χ2v) is 6.53. The Labute approximate surface area is 103 Å². The Bertz CT molecular complexity index is 499. The fourth-order valence-corrected chi connectivity index (χ4v) is 3.09. The molecule has 1 aromatic rings. The van der Waals surface area contributed by atoms with E-state index in [-0.39, 0.29) is 0 Å². The summed E-state index contributed by atoms with van der Waals surface area (Å²) in [6.45, 7) is 4.68. The minimum Gasteiger partial charge on any atom is -0.368 e. The Kier molecular flexibility index (Phi) is 3.40. The van der Waals surface area contributed by atoms with Crippen LogP contribution in [0.25, 0.3) is 0 Å². The van der Waals surface area contributed by atoms with Crippen LogP contribution in [0.5, 0.6) is 0 Å². The summed E-state index contributed by atoms with van der Waals surface area (Å²) in [5.74, 6) is 0. The van der Waals surface area contributed by atoms with Crippen molar-refractivity contribution in [3.63, 3.8) is 0 Å². The van der Waals surface area contributed by atoms with Crippen LogP contribution in [0, 0.1) is 0 Å². The van der Waals surface area contributed by atoms with Crippen LogP contribution in [0.15, 0.2) is 29.2 Å². The Hall–Kier alpha value is -1.07. The second kappa shape index (κ2) is 4.66. The molecular formula is C12H18N2O2S. The van der Waals surface area contributed by atoms with E-state index in [0.717, 1.165) is 25.3 Å². The molecule has 1 N–H and O–H groups in total. The topological polar surface area (TPSA) is 49.4 Å². The minimum atomic E-state index is -3.16. The van der Waals surface area contributed by atoms with Crippen LogP contribution >= 0.6 is 0 Å². The van der Waals surface area contributed by atoms with Gasteiger partial charge in [-0.3, -0.25) is 0 Å². The molecule has 1 heterocycles. The number of benzene rings is 1. The molecule has 1 atom stereocenters. The summed E-state index contributed by atoms with van der Waals surface area (Å²) in [5.41, 5.74) is 0.823. The van der Waals surface area contributed by atoms with E-state index >= 15 is 0 Å². The van der Waals surface area contributed by atoms with E-state index in [1.807, 2.05) is 12.1 Å². The highest BCUT2D eigenvalue weighted by molar-refractivity contribution is 7.90. The molecule has 1 aliphatic heterocycles. The maximum Gasteiger partial charge on any atom is 0.177 e. The lowest BCUT2D eigenvalue weighted by molar-refractivity contribution is 0.483. The zero-order chi connectivity index (χ0) is 12.5. The average Bonchev–Trinajstić information content (AvgIpc) is 2.28. The van der Waals surface area contributed by atoms with E-state index in [1.165, 1.54) is 6.26 Å². The number of anilines is 1. The molecule has 0 aliphatic carbocycles. The zero-order valence-electron chi connectivity index (χ0n) is 10.2. The zero-order valence-corrected chi connectivity index (χ0v) is 11.0. The van der Waals surface area contributed by atoms with Crippen molar-refractivity contribution in [2.75, 3.05) is 30.8 Å². The molecule has 1 aliphatic rings. The molecule has 1 fully saturated rings. The molecule has 0 amide bonds. The van der Waals surface area contributed by atoms with Gasteiger partial charge in [-0.2, -0.15) is 0 Å². The molecule has 2 rings (SSSR count). The predicted octanol–water partition coefficient (Wildman–Crippen LogP) is 0.888. The van der Waals surface area contributed by atoms with Gasteiger partial charge in [-0.25, -0.2) is 8.42 Å². The average molecular weight is 254 g/mol. The quantitative estimate of drug-likeness (QED) is 0.851. The first-order valence-corrected chi connectivity index (χ1v) is 7.65. The molecule has 4 nitrogen and oxygen atoms in total. The Morgan fingerprint density at radius 2 is 2.06 bits per heavy atom. The van der Waals surface area contributed by atoms with Crippen molar-refractivity contribution in [2.24, 2.45) is 0 Å². The summed E-state index contributed by atoms with van der Waals surface area (Å²) in [6, 6.07) is 7.60. The maximum atomic E-state index is 11.7. The molecular weight excluding hydrogens is 236 g/mol. The van der Waals surface area contributed by atoms with Gasteiger partial charge in [-0.1, -0.05) is 12.1 Å². The van der Waals surface area contributed by atoms with Gasteiger partial charge in [-0.15, -0.1) is 0 Å². The predicted molar refractivity (Wildman–Crippen MR) is 69.2 cm³/mol. The third-order valence-electron chi connectivity index (χ3n) is 2.97. The summed E-state index contributed by atoms with van der Waals surface area (Å²) in [7, 11) is -3.16. The molecule has 1 unspecified atom stereocenters. The van der Waals surface area contributed by atoms with Crippen molar-refractivity contribution in [2.45, 2.75) is 17.9 Å². The van der Waals surface area contributed by atoms with E-state index in [2.05, 4.69) is 17.1 Å². The Morgan fingerprint density at radius 3 is 2.71 bits per heavy atom. The van der Waals surface area contributed by atoms with Crippen LogP contribution < -0.4 is 10.2 Å². The highest BCUT2D eigenvalue weighted by atomic mass is 32.2. The molecule has 1 saturated heterocycles. The van der Waals surface area contributed by atoms with Crippen molar-refractivity contribution in [3.05, 3.63) is 24.3 Å². The van der Waals surface area contributed by atoms with E-state index in [9.17, 15) is 8.42 Å². The highest BCUT2D eigenvalue weighted by Gasteiger charge is 2.21. The molecule has 0 saturated carbocycles. The molecule has 0 aromatic heterocycles. The SMILES string of the molecule is CC1CN(c2ccccc2S(C)(=O)=O)CCN1. The number of hydrogen-bond donors (Lipinski definition) is 1. The number of piperazine rings is 1. The Balaban J connectivity index is 2.38. The molecule has 0 radical (unpaired) electrons. The fourth-order valence-electron chi connectivity index (χ4n) is 2.18.